The van der Waals surface area contributed by atoms with Gasteiger partial charge in [0.25, 0.3) is 23.7 Å². The zero-order valence-electron chi connectivity index (χ0n) is 32.9. The van der Waals surface area contributed by atoms with Crippen LogP contribution in [0.2, 0.25) is 0 Å². The van der Waals surface area contributed by atoms with E-state index in [1.54, 1.807) is 24.8 Å². The summed E-state index contributed by atoms with van der Waals surface area (Å²) in [6, 6.07) is 6.46. The number of H-pyrrole nitrogens is 2. The quantitative estimate of drug-likeness (QED) is 0.126. The lowest BCUT2D eigenvalue weighted by Gasteiger charge is -2.38. The molecule has 0 unspecified atom stereocenters. The van der Waals surface area contributed by atoms with Gasteiger partial charge in [-0.3, -0.25) is 19.6 Å². The van der Waals surface area contributed by atoms with Crippen LogP contribution in [0.15, 0.2) is 49.1 Å². The van der Waals surface area contributed by atoms with Gasteiger partial charge in [-0.25, -0.2) is 27.5 Å². The van der Waals surface area contributed by atoms with Crippen LogP contribution in [0.1, 0.15) is 105 Å². The van der Waals surface area contributed by atoms with Gasteiger partial charge in [0.2, 0.25) is 0 Å². The lowest BCUT2D eigenvalue weighted by molar-refractivity contribution is -0.190. The number of carbonyl (C=O) groups excluding carboxylic acids is 2. The fourth-order valence-electron chi connectivity index (χ4n) is 6.65. The average Bonchev–Trinajstić information content (AvgIpc) is 3.82. The Balaban J connectivity index is 1.12. The lowest BCUT2D eigenvalue weighted by atomic mass is 9.85. The predicted molar refractivity (Wildman–Crippen MR) is 200 cm³/mol. The lowest BCUT2D eigenvalue weighted by Crippen LogP contribution is -2.54. The molecular weight excluding hydrogens is 732 g/mol. The molecule has 4 aromatic rings. The van der Waals surface area contributed by atoms with Crippen molar-refractivity contribution in [1.29, 1.82) is 0 Å². The van der Waals surface area contributed by atoms with Gasteiger partial charge in [-0.15, -0.1) is 0 Å². The first-order valence-corrected chi connectivity index (χ1v) is 18.7. The smallest absolute Gasteiger partial charge is 0.271 e. The molecule has 2 amide bonds. The number of alkyl halides is 4. The fourth-order valence-corrected chi connectivity index (χ4v) is 6.65. The minimum atomic E-state index is -2.95. The molecule has 4 atom stereocenters. The highest BCUT2D eigenvalue weighted by Crippen LogP contribution is 2.39. The Morgan fingerprint density at radius 2 is 1.04 bits per heavy atom. The number of nitrogens with one attached hydrogen (secondary N) is 4. The maximum absolute atomic E-state index is 13.7. The molecule has 1 aromatic carbocycles. The molecule has 16 heteroatoms. The maximum atomic E-state index is 13.7. The van der Waals surface area contributed by atoms with E-state index in [9.17, 15) is 27.2 Å². The normalized spacial score (nSPS) is 23.6. The summed E-state index contributed by atoms with van der Waals surface area (Å²) in [6.07, 6.45) is 5.62. The largest absolute Gasteiger partial charge is 0.359 e. The minimum absolute atomic E-state index is 0.0965. The summed E-state index contributed by atoms with van der Waals surface area (Å²) < 4.78 is 65.6. The molecule has 6 rings (SSSR count). The zero-order valence-corrected chi connectivity index (χ0v) is 32.9. The molecule has 2 aliphatic heterocycles. The summed E-state index contributed by atoms with van der Waals surface area (Å²) in [5.74, 6) is -5.85. The first kappa shape index (κ1) is 40.9. The van der Waals surface area contributed by atoms with Crippen molar-refractivity contribution in [1.82, 2.24) is 40.5 Å². The topological polar surface area (TPSA) is 160 Å². The third-order valence-electron chi connectivity index (χ3n) is 10.5. The van der Waals surface area contributed by atoms with E-state index in [0.717, 1.165) is 11.1 Å². The molecule has 0 bridgehead atoms. The molecule has 2 aliphatic rings. The molecule has 2 fully saturated rings. The second-order valence-electron chi connectivity index (χ2n) is 17.5. The Kier molecular flexibility index (Phi) is 10.7. The van der Waals surface area contributed by atoms with Crippen LogP contribution in [0, 0.1) is 10.8 Å². The highest BCUT2D eigenvalue weighted by Gasteiger charge is 2.48. The number of aromatic nitrogens is 6. The van der Waals surface area contributed by atoms with Crippen LogP contribution in [-0.4, -0.2) is 78.0 Å². The molecule has 4 N–H and O–H groups in total. The SMILES string of the molecule is CC(C)(C)[C@H](NC(=O)[C@@]1(C)CCC(F)(F)CO1)c1nc(-c2ccc(-c3cnc(-c4c[nH]c([C@@H](NC(=O)[C@@]5(C)CCC(F)(F)CO5)C(C)(C)C)n4)cn3)cc2)c[nH]1. The third kappa shape index (κ3) is 8.96. The van der Waals surface area contributed by atoms with Crippen molar-refractivity contribution in [3.8, 4) is 33.9 Å². The number of imidazole rings is 2. The molecule has 2 saturated heterocycles. The number of benzene rings is 1. The van der Waals surface area contributed by atoms with Gasteiger partial charge in [0.05, 0.1) is 35.9 Å². The van der Waals surface area contributed by atoms with Crippen LogP contribution in [0.25, 0.3) is 33.9 Å². The Morgan fingerprint density at radius 3 is 1.43 bits per heavy atom. The summed E-state index contributed by atoms with van der Waals surface area (Å²) in [7, 11) is 0. The molecule has 5 heterocycles. The van der Waals surface area contributed by atoms with E-state index in [1.165, 1.54) is 13.8 Å². The van der Waals surface area contributed by atoms with E-state index in [1.807, 2.05) is 65.8 Å². The number of carbonyl (C=O) groups is 2. The van der Waals surface area contributed by atoms with E-state index in [0.29, 0.717) is 34.4 Å². The number of nitrogens with zero attached hydrogens (tertiary/aromatic N) is 4. The molecule has 302 valence electrons. The summed E-state index contributed by atoms with van der Waals surface area (Å²) in [4.78, 5) is 51.7. The molecular formula is C40H50F4N8O4. The van der Waals surface area contributed by atoms with Gasteiger partial charge >= 0.3 is 0 Å². The zero-order chi connectivity index (χ0) is 40.9. The van der Waals surface area contributed by atoms with Gasteiger partial charge in [-0.1, -0.05) is 65.8 Å². The maximum Gasteiger partial charge on any atom is 0.271 e. The Morgan fingerprint density at radius 1 is 0.643 bits per heavy atom. The summed E-state index contributed by atoms with van der Waals surface area (Å²) in [6.45, 7) is 13.1. The van der Waals surface area contributed by atoms with Crippen molar-refractivity contribution in [2.75, 3.05) is 13.2 Å². The standard InChI is InChI=1S/C40H50F4N8O4/c1-35(2,3)29(51-33(53)37(7)13-15-39(41,42)21-55-37)31-47-18-26(49-31)24-11-9-23(10-12-24)25-17-46-27(19-45-25)28-20-48-32(50-28)30(36(4,5)6)52-34(54)38(8)14-16-40(43,44)22-56-38/h9-12,17-20,29-30H,13-16,21-22H2,1-8H3,(H,47,49)(H,48,50)(H,51,53)(H,52,54)/t29-,30-,37-,38-/m1/s1. The summed E-state index contributed by atoms with van der Waals surface area (Å²) in [5.41, 5.74) is 0.201. The van der Waals surface area contributed by atoms with Crippen LogP contribution >= 0.6 is 0 Å². The number of ether oxygens (including phenoxy) is 2. The number of hydrogen-bond donors (Lipinski definition) is 4. The summed E-state index contributed by atoms with van der Waals surface area (Å²) >= 11 is 0. The predicted octanol–water partition coefficient (Wildman–Crippen LogP) is 7.74. The average molecular weight is 783 g/mol. The van der Waals surface area contributed by atoms with Crippen LogP contribution in [0.4, 0.5) is 17.6 Å². The number of amides is 2. The second-order valence-corrected chi connectivity index (χ2v) is 17.5. The van der Waals surface area contributed by atoms with Crippen molar-refractivity contribution in [3.05, 3.63) is 60.7 Å². The van der Waals surface area contributed by atoms with Crippen molar-refractivity contribution in [2.24, 2.45) is 10.8 Å². The van der Waals surface area contributed by atoms with E-state index >= 15 is 0 Å². The second kappa shape index (κ2) is 14.7. The highest BCUT2D eigenvalue weighted by molar-refractivity contribution is 5.86. The number of halogens is 4. The molecule has 56 heavy (non-hydrogen) atoms. The van der Waals surface area contributed by atoms with E-state index in [2.05, 4.69) is 30.6 Å². The molecule has 3 aromatic heterocycles. The Bertz CT molecular complexity index is 1870. The number of rotatable bonds is 9. The van der Waals surface area contributed by atoms with E-state index in [-0.39, 0.29) is 12.8 Å². The molecule has 0 radical (unpaired) electrons. The van der Waals surface area contributed by atoms with Crippen molar-refractivity contribution in [2.45, 2.75) is 116 Å². The monoisotopic (exact) mass is 782 g/mol. The van der Waals surface area contributed by atoms with Gasteiger partial charge in [-0.2, -0.15) is 0 Å². The van der Waals surface area contributed by atoms with Gasteiger partial charge in [0.1, 0.15) is 47.5 Å². The Hall–Kier alpha value is -4.70. The molecule has 0 aliphatic carbocycles. The van der Waals surface area contributed by atoms with Crippen LogP contribution < -0.4 is 10.6 Å². The molecule has 0 spiro atoms. The van der Waals surface area contributed by atoms with Gasteiger partial charge < -0.3 is 30.1 Å². The summed E-state index contributed by atoms with van der Waals surface area (Å²) in [5, 5.41) is 5.96. The number of aromatic amines is 2. The van der Waals surface area contributed by atoms with Crippen molar-refractivity contribution in [3.63, 3.8) is 0 Å². The minimum Gasteiger partial charge on any atom is -0.359 e. The van der Waals surface area contributed by atoms with Gasteiger partial charge in [0, 0.05) is 36.4 Å². The third-order valence-corrected chi connectivity index (χ3v) is 10.5. The molecule has 12 nitrogen and oxygen atoms in total. The van der Waals surface area contributed by atoms with Crippen LogP contribution in [-0.2, 0) is 19.1 Å². The first-order chi connectivity index (χ1) is 26.0. The van der Waals surface area contributed by atoms with Crippen LogP contribution in [0.5, 0.6) is 0 Å². The molecule has 0 saturated carbocycles. The highest BCUT2D eigenvalue weighted by atomic mass is 19.3. The number of hydrogen-bond acceptors (Lipinski definition) is 8. The van der Waals surface area contributed by atoms with Crippen LogP contribution in [0.3, 0.4) is 0 Å². The van der Waals surface area contributed by atoms with E-state index < -0.39 is 83.8 Å². The van der Waals surface area contributed by atoms with E-state index in [4.69, 9.17) is 19.4 Å². The van der Waals surface area contributed by atoms with Gasteiger partial charge in [0.15, 0.2) is 0 Å². The first-order valence-electron chi connectivity index (χ1n) is 18.7. The van der Waals surface area contributed by atoms with Crippen molar-refractivity contribution >= 4 is 11.8 Å². The van der Waals surface area contributed by atoms with Gasteiger partial charge in [-0.05, 0) is 37.5 Å². The Labute approximate surface area is 323 Å². The fraction of sp³-hybridized carbons (Fsp3) is 0.550. The van der Waals surface area contributed by atoms with Crippen molar-refractivity contribution < 1.29 is 36.6 Å².